The normalized spacial score (nSPS) is 13.3. The van der Waals surface area contributed by atoms with E-state index >= 15 is 0 Å². The Bertz CT molecular complexity index is 1350. The summed E-state index contributed by atoms with van der Waals surface area (Å²) in [6, 6.07) is 4.94. The molecule has 2 amide bonds. The van der Waals surface area contributed by atoms with Crippen molar-refractivity contribution in [3.05, 3.63) is 36.0 Å². The number of amides is 2. The highest BCUT2D eigenvalue weighted by Gasteiger charge is 2.33. The summed E-state index contributed by atoms with van der Waals surface area (Å²) in [5, 5.41) is 13.2. The number of aromatic nitrogens is 3. The summed E-state index contributed by atoms with van der Waals surface area (Å²) in [5.41, 5.74) is -0.0219. The Morgan fingerprint density at radius 3 is 1.89 bits per heavy atom. The van der Waals surface area contributed by atoms with Gasteiger partial charge < -0.3 is 24.8 Å². The van der Waals surface area contributed by atoms with Crippen molar-refractivity contribution in [3.8, 4) is 11.3 Å². The number of benzene rings is 1. The Morgan fingerprint density at radius 2 is 1.33 bits per heavy atom. The SMILES string of the molecule is Cc1ccc(-c2cn(CC(=O)N[C@@H](CC(=O)OC(C)(C)C)C(=O)N[C@@H](CCC(=O)OC(C)(C)C)C(=O)OC(C)(C)C)nn2)cc1. The van der Waals surface area contributed by atoms with E-state index in [9.17, 15) is 24.0 Å². The van der Waals surface area contributed by atoms with Gasteiger partial charge in [0.2, 0.25) is 11.8 Å². The molecule has 2 rings (SSSR count). The van der Waals surface area contributed by atoms with E-state index < -0.39 is 65.0 Å². The van der Waals surface area contributed by atoms with Gasteiger partial charge >= 0.3 is 17.9 Å². The van der Waals surface area contributed by atoms with E-state index in [0.29, 0.717) is 5.69 Å². The lowest BCUT2D eigenvalue weighted by Crippen LogP contribution is -2.54. The lowest BCUT2D eigenvalue weighted by molar-refractivity contribution is -0.160. The van der Waals surface area contributed by atoms with Gasteiger partial charge in [-0.25, -0.2) is 9.48 Å². The number of aryl methyl sites for hydroxylation is 1. The van der Waals surface area contributed by atoms with Crippen LogP contribution in [0.5, 0.6) is 0 Å². The third kappa shape index (κ3) is 14.4. The largest absolute Gasteiger partial charge is 0.460 e. The molecular weight excluding hydrogens is 582 g/mol. The van der Waals surface area contributed by atoms with Crippen LogP contribution in [-0.2, 0) is 44.7 Å². The van der Waals surface area contributed by atoms with E-state index in [0.717, 1.165) is 11.1 Å². The Labute approximate surface area is 264 Å². The fourth-order valence-corrected chi connectivity index (χ4v) is 3.93. The number of rotatable bonds is 12. The molecule has 1 aromatic heterocycles. The van der Waals surface area contributed by atoms with Gasteiger partial charge in [0.25, 0.3) is 0 Å². The fraction of sp³-hybridized carbons (Fsp3) is 0.594. The first-order valence-corrected chi connectivity index (χ1v) is 14.8. The predicted octanol–water partition coefficient (Wildman–Crippen LogP) is 3.42. The molecule has 0 fully saturated rings. The zero-order valence-electron chi connectivity index (χ0n) is 28.0. The Hall–Kier alpha value is -4.29. The molecule has 0 aliphatic heterocycles. The van der Waals surface area contributed by atoms with Crippen molar-refractivity contribution < 1.29 is 38.2 Å². The van der Waals surface area contributed by atoms with Gasteiger partial charge in [0.15, 0.2) is 0 Å². The molecule has 248 valence electrons. The van der Waals surface area contributed by atoms with Crippen LogP contribution in [0, 0.1) is 6.92 Å². The summed E-state index contributed by atoms with van der Waals surface area (Å²) < 4.78 is 17.5. The third-order valence-electron chi connectivity index (χ3n) is 5.70. The topological polar surface area (TPSA) is 168 Å². The van der Waals surface area contributed by atoms with Crippen LogP contribution in [0.1, 0.15) is 87.1 Å². The Kier molecular flexibility index (Phi) is 12.4. The highest BCUT2D eigenvalue weighted by Crippen LogP contribution is 2.17. The van der Waals surface area contributed by atoms with E-state index in [1.807, 2.05) is 31.2 Å². The molecule has 0 bridgehead atoms. The molecule has 2 aromatic rings. The first kappa shape index (κ1) is 36.9. The van der Waals surface area contributed by atoms with Crippen LogP contribution in [0.4, 0.5) is 0 Å². The van der Waals surface area contributed by atoms with Crippen LogP contribution in [-0.4, -0.2) is 73.6 Å². The van der Waals surface area contributed by atoms with Crippen LogP contribution in [0.3, 0.4) is 0 Å². The molecule has 13 heteroatoms. The minimum atomic E-state index is -1.42. The van der Waals surface area contributed by atoms with Crippen molar-refractivity contribution in [2.24, 2.45) is 0 Å². The predicted molar refractivity (Wildman–Crippen MR) is 165 cm³/mol. The van der Waals surface area contributed by atoms with Crippen molar-refractivity contribution in [1.82, 2.24) is 25.6 Å². The molecule has 0 spiro atoms. The molecule has 13 nitrogen and oxygen atoms in total. The highest BCUT2D eigenvalue weighted by molar-refractivity contribution is 5.93. The zero-order chi connectivity index (χ0) is 34.2. The third-order valence-corrected chi connectivity index (χ3v) is 5.70. The minimum absolute atomic E-state index is 0.136. The number of hydrogen-bond donors (Lipinski definition) is 2. The summed E-state index contributed by atoms with van der Waals surface area (Å²) in [6.45, 7) is 16.8. The molecule has 0 radical (unpaired) electrons. The van der Waals surface area contributed by atoms with E-state index in [1.54, 1.807) is 68.5 Å². The van der Waals surface area contributed by atoms with E-state index in [4.69, 9.17) is 14.2 Å². The van der Waals surface area contributed by atoms with Gasteiger partial charge in [-0.3, -0.25) is 19.2 Å². The molecule has 0 unspecified atom stereocenters. The quantitative estimate of drug-likeness (QED) is 0.262. The molecule has 2 N–H and O–H groups in total. The van der Waals surface area contributed by atoms with Crippen molar-refractivity contribution >= 4 is 29.7 Å². The highest BCUT2D eigenvalue weighted by atomic mass is 16.6. The maximum atomic E-state index is 13.5. The second-order valence-electron chi connectivity index (χ2n) is 13.8. The van der Waals surface area contributed by atoms with Gasteiger partial charge in [-0.2, -0.15) is 0 Å². The maximum Gasteiger partial charge on any atom is 0.329 e. The maximum absolute atomic E-state index is 13.5. The first-order valence-electron chi connectivity index (χ1n) is 14.8. The summed E-state index contributed by atoms with van der Waals surface area (Å²) >= 11 is 0. The van der Waals surface area contributed by atoms with Gasteiger partial charge in [-0.05, 0) is 75.7 Å². The average Bonchev–Trinajstić information content (AvgIpc) is 3.31. The summed E-state index contributed by atoms with van der Waals surface area (Å²) in [5.74, 6) is -3.57. The fourth-order valence-electron chi connectivity index (χ4n) is 3.93. The number of ether oxygens (including phenoxy) is 3. The molecule has 45 heavy (non-hydrogen) atoms. The van der Waals surface area contributed by atoms with Crippen molar-refractivity contribution in [2.45, 2.75) is 124 Å². The van der Waals surface area contributed by atoms with E-state index in [2.05, 4.69) is 20.9 Å². The molecule has 2 atom stereocenters. The first-order chi connectivity index (χ1) is 20.6. The number of nitrogens with one attached hydrogen (secondary N) is 2. The smallest absolute Gasteiger partial charge is 0.329 e. The van der Waals surface area contributed by atoms with E-state index in [-0.39, 0.29) is 19.4 Å². The second kappa shape index (κ2) is 15.1. The number of nitrogens with zero attached hydrogens (tertiary/aromatic N) is 3. The van der Waals surface area contributed by atoms with Gasteiger partial charge in [0.05, 0.1) is 12.6 Å². The summed E-state index contributed by atoms with van der Waals surface area (Å²) in [7, 11) is 0. The summed E-state index contributed by atoms with van der Waals surface area (Å²) in [4.78, 5) is 64.7. The standard InChI is InChI=1S/C32H47N5O8/c1-20-11-13-21(14-12-20)24-18-37(36-35-24)19-25(38)33-23(17-27(40)44-31(5,6)7)28(41)34-22(29(42)45-32(8,9)10)15-16-26(39)43-30(2,3)4/h11-14,18,22-23H,15-17,19H2,1-10H3,(H,33,38)(H,34,41)/t22-,23-/m0/s1. The van der Waals surface area contributed by atoms with Crippen LogP contribution < -0.4 is 10.6 Å². The molecular formula is C32H47N5O8. The number of hydrogen-bond acceptors (Lipinski definition) is 10. The molecule has 0 aliphatic carbocycles. The Morgan fingerprint density at radius 1 is 0.778 bits per heavy atom. The van der Waals surface area contributed by atoms with Crippen molar-refractivity contribution in [2.75, 3.05) is 0 Å². The van der Waals surface area contributed by atoms with E-state index in [1.165, 1.54) is 4.68 Å². The molecule has 1 heterocycles. The van der Waals surface area contributed by atoms with Crippen LogP contribution in [0.2, 0.25) is 0 Å². The van der Waals surface area contributed by atoms with Crippen molar-refractivity contribution in [3.63, 3.8) is 0 Å². The number of esters is 3. The molecule has 0 saturated heterocycles. The van der Waals surface area contributed by atoms with Crippen LogP contribution in [0.15, 0.2) is 30.5 Å². The molecule has 0 saturated carbocycles. The van der Waals surface area contributed by atoms with Crippen molar-refractivity contribution in [1.29, 1.82) is 0 Å². The lowest BCUT2D eigenvalue weighted by Gasteiger charge is -2.27. The van der Waals surface area contributed by atoms with Gasteiger partial charge in [0.1, 0.15) is 41.1 Å². The number of carbonyl (C=O) groups is 5. The van der Waals surface area contributed by atoms with Gasteiger partial charge in [0, 0.05) is 12.0 Å². The van der Waals surface area contributed by atoms with Gasteiger partial charge in [-0.15, -0.1) is 5.10 Å². The zero-order valence-corrected chi connectivity index (χ0v) is 28.0. The molecule has 0 aliphatic rings. The van der Waals surface area contributed by atoms with Gasteiger partial charge in [-0.1, -0.05) is 35.0 Å². The lowest BCUT2D eigenvalue weighted by atomic mass is 10.1. The monoisotopic (exact) mass is 629 g/mol. The Balaban J connectivity index is 2.23. The number of carbonyl (C=O) groups excluding carboxylic acids is 5. The van der Waals surface area contributed by atoms with Crippen LogP contribution >= 0.6 is 0 Å². The average molecular weight is 630 g/mol. The van der Waals surface area contributed by atoms with Crippen LogP contribution in [0.25, 0.3) is 11.3 Å². The molecule has 1 aromatic carbocycles. The minimum Gasteiger partial charge on any atom is -0.460 e. The second-order valence-corrected chi connectivity index (χ2v) is 13.8. The summed E-state index contributed by atoms with van der Waals surface area (Å²) in [6.07, 6.45) is 0.736.